The van der Waals surface area contributed by atoms with Gasteiger partial charge in [-0.3, -0.25) is 14.4 Å². The van der Waals surface area contributed by atoms with Crippen LogP contribution >= 0.6 is 0 Å². The van der Waals surface area contributed by atoms with E-state index in [0.717, 1.165) is 0 Å². The molecule has 8 heteroatoms. The summed E-state index contributed by atoms with van der Waals surface area (Å²) in [6, 6.07) is -0.908. The van der Waals surface area contributed by atoms with Gasteiger partial charge in [-0.05, 0) is 46.0 Å². The van der Waals surface area contributed by atoms with Crippen LogP contribution in [0.1, 0.15) is 52.9 Å². The Hall–Kier alpha value is -2.19. The molecule has 0 aromatic carbocycles. The number of hydrogen-bond acceptors (Lipinski definition) is 6. The SMILES string of the molecule is C=CCOC(=O)[C@@H]1[C@H]2C(=O)N(CCCCO)C(C(=O)N(CC=C)C(C)C)C23CC[C@@]1(CC)O3. The highest BCUT2D eigenvalue weighted by Gasteiger charge is 2.79. The smallest absolute Gasteiger partial charge is 0.313 e. The summed E-state index contributed by atoms with van der Waals surface area (Å²) in [6.07, 6.45) is 5.94. The molecule has 3 rings (SSSR count). The topological polar surface area (TPSA) is 96.4 Å². The summed E-state index contributed by atoms with van der Waals surface area (Å²) >= 11 is 0. The Balaban J connectivity index is 2.06. The van der Waals surface area contributed by atoms with Crippen molar-refractivity contribution in [1.29, 1.82) is 0 Å². The zero-order chi connectivity index (χ0) is 24.4. The van der Waals surface area contributed by atoms with E-state index in [1.165, 1.54) is 6.08 Å². The number of rotatable bonds is 12. The third kappa shape index (κ3) is 4.01. The number of esters is 1. The first-order chi connectivity index (χ1) is 15.7. The molecule has 2 unspecified atom stereocenters. The van der Waals surface area contributed by atoms with Crippen LogP contribution in [0.4, 0.5) is 0 Å². The summed E-state index contributed by atoms with van der Waals surface area (Å²) in [5, 5.41) is 9.26. The molecule has 3 aliphatic rings. The van der Waals surface area contributed by atoms with E-state index >= 15 is 0 Å². The highest BCUT2D eigenvalue weighted by Crippen LogP contribution is 2.64. The Bertz CT molecular complexity index is 798. The number of aliphatic hydroxyl groups is 1. The van der Waals surface area contributed by atoms with Gasteiger partial charge in [-0.15, -0.1) is 6.58 Å². The van der Waals surface area contributed by atoms with Crippen molar-refractivity contribution in [2.75, 3.05) is 26.3 Å². The standard InChI is InChI=1S/C25H38N2O6/c1-6-13-26(17(4)5)22(30)20-25-12-11-24(8-3,33-25)19(23(31)32-16-7-2)18(25)21(29)27(20)14-9-10-15-28/h6-7,17-20,28H,1-2,8-16H2,3-5H3/t18-,19-,20?,24+,25?/m0/s1. The summed E-state index contributed by atoms with van der Waals surface area (Å²) in [7, 11) is 0. The lowest BCUT2D eigenvalue weighted by Gasteiger charge is -2.38. The largest absolute Gasteiger partial charge is 0.461 e. The van der Waals surface area contributed by atoms with Gasteiger partial charge in [0.05, 0.1) is 11.5 Å². The molecule has 0 aromatic rings. The number of ether oxygens (including phenoxy) is 2. The molecule has 3 fully saturated rings. The van der Waals surface area contributed by atoms with E-state index in [1.54, 1.807) is 15.9 Å². The molecule has 2 bridgehead atoms. The van der Waals surface area contributed by atoms with E-state index in [0.29, 0.717) is 45.2 Å². The van der Waals surface area contributed by atoms with Crippen molar-refractivity contribution < 1.29 is 29.0 Å². The number of unbranched alkanes of at least 4 members (excludes halogenated alkanes) is 1. The van der Waals surface area contributed by atoms with Gasteiger partial charge in [-0.2, -0.15) is 0 Å². The lowest BCUT2D eigenvalue weighted by atomic mass is 9.65. The Morgan fingerprint density at radius 1 is 1.30 bits per heavy atom. The van der Waals surface area contributed by atoms with Crippen molar-refractivity contribution in [2.45, 2.75) is 76.2 Å². The van der Waals surface area contributed by atoms with Crippen molar-refractivity contribution in [1.82, 2.24) is 9.80 Å². The van der Waals surface area contributed by atoms with Crippen LogP contribution in [-0.2, 0) is 23.9 Å². The van der Waals surface area contributed by atoms with Crippen LogP contribution in [-0.4, -0.2) is 82.3 Å². The maximum atomic E-state index is 14.0. The highest BCUT2D eigenvalue weighted by molar-refractivity contribution is 5.98. The number of carbonyl (C=O) groups excluding carboxylic acids is 3. The third-order valence-corrected chi connectivity index (χ3v) is 7.55. The van der Waals surface area contributed by atoms with Gasteiger partial charge in [0.2, 0.25) is 11.8 Å². The minimum absolute atomic E-state index is 0.00967. The molecule has 2 amide bonds. The monoisotopic (exact) mass is 462 g/mol. The van der Waals surface area contributed by atoms with E-state index in [9.17, 15) is 19.5 Å². The molecule has 8 nitrogen and oxygen atoms in total. The number of hydrogen-bond donors (Lipinski definition) is 1. The molecule has 0 radical (unpaired) electrons. The summed E-state index contributed by atoms with van der Waals surface area (Å²) in [6.45, 7) is 14.0. The Morgan fingerprint density at radius 2 is 2.03 bits per heavy atom. The number of aliphatic hydroxyl groups excluding tert-OH is 1. The molecule has 3 saturated heterocycles. The van der Waals surface area contributed by atoms with Crippen LogP contribution in [0.5, 0.6) is 0 Å². The number of amides is 2. The van der Waals surface area contributed by atoms with Crippen LogP contribution in [0, 0.1) is 11.8 Å². The zero-order valence-corrected chi connectivity index (χ0v) is 20.1. The minimum atomic E-state index is -1.06. The molecule has 1 spiro atoms. The van der Waals surface area contributed by atoms with E-state index < -0.39 is 35.0 Å². The average molecular weight is 463 g/mol. The summed E-state index contributed by atoms with van der Waals surface area (Å²) in [4.78, 5) is 44.3. The van der Waals surface area contributed by atoms with Crippen LogP contribution in [0.15, 0.2) is 25.3 Å². The van der Waals surface area contributed by atoms with Gasteiger partial charge in [0.15, 0.2) is 0 Å². The molecular formula is C25H38N2O6. The average Bonchev–Trinajstić information content (AvgIpc) is 3.39. The molecule has 0 aromatic heterocycles. The van der Waals surface area contributed by atoms with Gasteiger partial charge in [0, 0.05) is 25.7 Å². The lowest BCUT2D eigenvalue weighted by Crippen LogP contribution is -2.57. The number of nitrogens with zero attached hydrogens (tertiary/aromatic N) is 2. The number of likely N-dealkylation sites (tertiary alicyclic amines) is 1. The zero-order valence-electron chi connectivity index (χ0n) is 20.1. The number of carbonyl (C=O) groups is 3. The van der Waals surface area contributed by atoms with Crippen LogP contribution in [0.2, 0.25) is 0 Å². The minimum Gasteiger partial charge on any atom is -0.461 e. The quantitative estimate of drug-likeness (QED) is 0.271. The Labute approximate surface area is 196 Å². The Morgan fingerprint density at radius 3 is 2.61 bits per heavy atom. The van der Waals surface area contributed by atoms with Crippen molar-refractivity contribution in [3.8, 4) is 0 Å². The van der Waals surface area contributed by atoms with Crippen LogP contribution < -0.4 is 0 Å². The Kier molecular flexibility index (Phi) is 7.69. The molecule has 3 heterocycles. The van der Waals surface area contributed by atoms with E-state index in [4.69, 9.17) is 9.47 Å². The fourth-order valence-corrected chi connectivity index (χ4v) is 6.07. The summed E-state index contributed by atoms with van der Waals surface area (Å²) in [5.41, 5.74) is -1.87. The normalized spacial score (nSPS) is 32.2. The first-order valence-corrected chi connectivity index (χ1v) is 12.0. The summed E-state index contributed by atoms with van der Waals surface area (Å²) in [5.74, 6) is -2.40. The van der Waals surface area contributed by atoms with Crippen molar-refractivity contribution >= 4 is 17.8 Å². The summed E-state index contributed by atoms with van der Waals surface area (Å²) < 4.78 is 12.1. The molecule has 184 valence electrons. The third-order valence-electron chi connectivity index (χ3n) is 7.55. The molecule has 3 aliphatic heterocycles. The molecule has 1 N–H and O–H groups in total. The van der Waals surface area contributed by atoms with Gasteiger partial charge in [0.1, 0.15) is 24.2 Å². The second kappa shape index (κ2) is 9.97. The molecule has 33 heavy (non-hydrogen) atoms. The second-order valence-corrected chi connectivity index (χ2v) is 9.59. The molecule has 0 aliphatic carbocycles. The van der Waals surface area contributed by atoms with Gasteiger partial charge in [-0.25, -0.2) is 0 Å². The van der Waals surface area contributed by atoms with Gasteiger partial charge < -0.3 is 24.4 Å². The van der Waals surface area contributed by atoms with Crippen LogP contribution in [0.3, 0.4) is 0 Å². The maximum absolute atomic E-state index is 14.0. The lowest BCUT2D eigenvalue weighted by molar-refractivity contribution is -0.161. The number of fused-ring (bicyclic) bond motifs is 1. The van der Waals surface area contributed by atoms with E-state index in [1.807, 2.05) is 20.8 Å². The van der Waals surface area contributed by atoms with Gasteiger partial charge >= 0.3 is 5.97 Å². The van der Waals surface area contributed by atoms with Crippen molar-refractivity contribution in [2.24, 2.45) is 11.8 Å². The first-order valence-electron chi connectivity index (χ1n) is 12.0. The maximum Gasteiger partial charge on any atom is 0.313 e. The predicted molar refractivity (Wildman–Crippen MR) is 123 cm³/mol. The second-order valence-electron chi connectivity index (χ2n) is 9.59. The fourth-order valence-electron chi connectivity index (χ4n) is 6.07. The fraction of sp³-hybridized carbons (Fsp3) is 0.720. The van der Waals surface area contributed by atoms with Crippen molar-refractivity contribution in [3.63, 3.8) is 0 Å². The molecule has 5 atom stereocenters. The van der Waals surface area contributed by atoms with Gasteiger partial charge in [-0.1, -0.05) is 25.7 Å². The van der Waals surface area contributed by atoms with Crippen molar-refractivity contribution in [3.05, 3.63) is 25.3 Å². The first kappa shape index (κ1) is 25.4. The van der Waals surface area contributed by atoms with E-state index in [2.05, 4.69) is 13.2 Å². The molecule has 0 saturated carbocycles. The predicted octanol–water partition coefficient (Wildman–Crippen LogP) is 2.07. The molecular weight excluding hydrogens is 424 g/mol. The van der Waals surface area contributed by atoms with Crippen LogP contribution in [0.25, 0.3) is 0 Å². The van der Waals surface area contributed by atoms with Gasteiger partial charge in [0.25, 0.3) is 0 Å². The van der Waals surface area contributed by atoms with E-state index in [-0.39, 0.29) is 31.1 Å². The highest BCUT2D eigenvalue weighted by atomic mass is 16.6.